The molecule has 0 aliphatic heterocycles. The number of H-pyrrole nitrogens is 1. The first-order valence-corrected chi connectivity index (χ1v) is 6.15. The van der Waals surface area contributed by atoms with E-state index in [4.69, 9.17) is 0 Å². The highest BCUT2D eigenvalue weighted by atomic mass is 32.2. The molecule has 0 saturated carbocycles. The molecule has 0 aromatic carbocycles. The average molecular weight is 215 g/mol. The van der Waals surface area contributed by atoms with Gasteiger partial charge in [-0.1, -0.05) is 13.8 Å². The van der Waals surface area contributed by atoms with Crippen molar-refractivity contribution >= 4 is 9.84 Å². The van der Waals surface area contributed by atoms with Crippen LogP contribution in [-0.2, 0) is 9.84 Å². The highest BCUT2D eigenvalue weighted by Crippen LogP contribution is 2.10. The molecule has 5 heteroatoms. The molecule has 0 bridgehead atoms. The maximum absolute atomic E-state index is 11.4. The number of hydrogen-bond donors (Lipinski definition) is 1. The Labute approximate surface area is 82.9 Å². The fourth-order valence-corrected chi connectivity index (χ4v) is 1.81. The highest BCUT2D eigenvalue weighted by Gasteiger charge is 2.12. The van der Waals surface area contributed by atoms with E-state index in [1.54, 1.807) is 6.07 Å². The van der Waals surface area contributed by atoms with Crippen molar-refractivity contribution in [2.75, 3.05) is 6.26 Å². The van der Waals surface area contributed by atoms with Gasteiger partial charge in [-0.15, -0.1) is 0 Å². The second-order valence-electron chi connectivity index (χ2n) is 3.53. The van der Waals surface area contributed by atoms with Crippen molar-refractivity contribution in [2.24, 2.45) is 0 Å². The van der Waals surface area contributed by atoms with Gasteiger partial charge in [0, 0.05) is 11.9 Å². The van der Waals surface area contributed by atoms with Crippen molar-refractivity contribution in [1.29, 1.82) is 0 Å². The van der Waals surface area contributed by atoms with Crippen molar-refractivity contribution in [1.82, 2.24) is 4.98 Å². The third-order valence-electron chi connectivity index (χ3n) is 1.92. The number of hydrogen-bond acceptors (Lipinski definition) is 3. The van der Waals surface area contributed by atoms with Gasteiger partial charge in [-0.2, -0.15) is 0 Å². The van der Waals surface area contributed by atoms with Crippen LogP contribution in [0.5, 0.6) is 0 Å². The largest absolute Gasteiger partial charge is 0.325 e. The summed E-state index contributed by atoms with van der Waals surface area (Å²) < 4.78 is 22.2. The molecule has 1 aromatic rings. The standard InChI is InChI=1S/C9H13NO3S/c1-6(2)7-4-5-8(9(11)10-7)14(3,12)13/h4-6H,1-3H3,(H,10,11). The third-order valence-corrected chi connectivity index (χ3v) is 3.04. The molecule has 0 spiro atoms. The van der Waals surface area contributed by atoms with Gasteiger partial charge in [0.15, 0.2) is 9.84 Å². The molecule has 78 valence electrons. The molecule has 0 fully saturated rings. The second kappa shape index (κ2) is 3.57. The lowest BCUT2D eigenvalue weighted by atomic mass is 10.1. The molecule has 1 rings (SSSR count). The summed E-state index contributed by atoms with van der Waals surface area (Å²) in [7, 11) is -3.42. The van der Waals surface area contributed by atoms with Crippen LogP contribution in [0.2, 0.25) is 0 Å². The summed E-state index contributed by atoms with van der Waals surface area (Å²) in [5, 5.41) is 0. The van der Waals surface area contributed by atoms with Crippen LogP contribution in [-0.4, -0.2) is 19.7 Å². The van der Waals surface area contributed by atoms with Crippen molar-refractivity contribution in [3.05, 3.63) is 28.2 Å². The Kier molecular flexibility index (Phi) is 2.80. The van der Waals surface area contributed by atoms with E-state index in [-0.39, 0.29) is 10.8 Å². The Morgan fingerprint density at radius 3 is 2.21 bits per heavy atom. The molecule has 0 radical (unpaired) electrons. The first-order chi connectivity index (χ1) is 6.32. The maximum atomic E-state index is 11.4. The van der Waals surface area contributed by atoms with Crippen LogP contribution in [0.3, 0.4) is 0 Å². The minimum Gasteiger partial charge on any atom is -0.325 e. The van der Waals surface area contributed by atoms with Gasteiger partial charge in [0.05, 0.1) is 0 Å². The zero-order valence-corrected chi connectivity index (χ0v) is 9.18. The lowest BCUT2D eigenvalue weighted by molar-refractivity contribution is 0.600. The molecule has 0 unspecified atom stereocenters. The first-order valence-electron chi connectivity index (χ1n) is 4.25. The summed E-state index contributed by atoms with van der Waals surface area (Å²) in [5.41, 5.74) is 0.195. The summed E-state index contributed by atoms with van der Waals surface area (Å²) in [6.45, 7) is 3.84. The zero-order chi connectivity index (χ0) is 10.9. The van der Waals surface area contributed by atoms with Gasteiger partial charge in [-0.25, -0.2) is 8.42 Å². The predicted octanol–water partition coefficient (Wildman–Crippen LogP) is 0.902. The van der Waals surface area contributed by atoms with Crippen LogP contribution in [0.15, 0.2) is 21.8 Å². The van der Waals surface area contributed by atoms with Crippen LogP contribution in [0, 0.1) is 0 Å². The summed E-state index contributed by atoms with van der Waals surface area (Å²) in [6.07, 6.45) is 1.02. The summed E-state index contributed by atoms with van der Waals surface area (Å²) in [6, 6.07) is 2.98. The van der Waals surface area contributed by atoms with E-state index in [2.05, 4.69) is 4.98 Å². The molecule has 14 heavy (non-hydrogen) atoms. The molecular formula is C9H13NO3S. The number of nitrogens with one attached hydrogen (secondary N) is 1. The second-order valence-corrected chi connectivity index (χ2v) is 5.52. The van der Waals surface area contributed by atoms with Crippen LogP contribution in [0.1, 0.15) is 25.5 Å². The molecule has 1 N–H and O–H groups in total. The molecule has 0 amide bonds. The molecular weight excluding hydrogens is 202 g/mol. The van der Waals surface area contributed by atoms with Gasteiger partial charge in [-0.05, 0) is 18.1 Å². The van der Waals surface area contributed by atoms with Crippen molar-refractivity contribution in [3.63, 3.8) is 0 Å². The van der Waals surface area contributed by atoms with Crippen LogP contribution in [0.4, 0.5) is 0 Å². The van der Waals surface area contributed by atoms with Gasteiger partial charge in [0.25, 0.3) is 5.56 Å². The van der Waals surface area contributed by atoms with E-state index in [1.165, 1.54) is 6.07 Å². The summed E-state index contributed by atoms with van der Waals surface area (Å²) >= 11 is 0. The average Bonchev–Trinajstić information content (AvgIpc) is 2.01. The quantitative estimate of drug-likeness (QED) is 0.797. The van der Waals surface area contributed by atoms with Crippen LogP contribution in [0.25, 0.3) is 0 Å². The smallest absolute Gasteiger partial charge is 0.266 e. The van der Waals surface area contributed by atoms with E-state index in [0.717, 1.165) is 11.9 Å². The van der Waals surface area contributed by atoms with E-state index in [0.29, 0.717) is 0 Å². The van der Waals surface area contributed by atoms with Gasteiger partial charge in [0.2, 0.25) is 0 Å². The van der Waals surface area contributed by atoms with E-state index >= 15 is 0 Å². The lowest BCUT2D eigenvalue weighted by Crippen LogP contribution is -2.18. The van der Waals surface area contributed by atoms with Crippen LogP contribution < -0.4 is 5.56 Å². The number of rotatable bonds is 2. The third kappa shape index (κ3) is 2.23. The Morgan fingerprint density at radius 2 is 1.86 bits per heavy atom. The SMILES string of the molecule is CC(C)c1ccc(S(C)(=O)=O)c(=O)[nH]1. The van der Waals surface area contributed by atoms with Crippen molar-refractivity contribution in [3.8, 4) is 0 Å². The molecule has 4 nitrogen and oxygen atoms in total. The first kappa shape index (κ1) is 11.0. The Morgan fingerprint density at radius 1 is 1.29 bits per heavy atom. The van der Waals surface area contributed by atoms with E-state index in [1.807, 2.05) is 13.8 Å². The van der Waals surface area contributed by atoms with E-state index < -0.39 is 15.4 Å². The number of aromatic amines is 1. The zero-order valence-electron chi connectivity index (χ0n) is 8.37. The number of aromatic nitrogens is 1. The Bertz CT molecular complexity index is 485. The minimum atomic E-state index is -3.42. The molecule has 0 atom stereocenters. The summed E-state index contributed by atoms with van der Waals surface area (Å²) in [5.74, 6) is 0.177. The number of sulfone groups is 1. The molecule has 1 aromatic heterocycles. The predicted molar refractivity (Wildman–Crippen MR) is 54.3 cm³/mol. The molecule has 0 saturated heterocycles. The van der Waals surface area contributed by atoms with Gasteiger partial charge in [0.1, 0.15) is 4.90 Å². The van der Waals surface area contributed by atoms with Crippen molar-refractivity contribution < 1.29 is 8.42 Å². The summed E-state index contributed by atoms with van der Waals surface area (Å²) in [4.78, 5) is 13.7. The van der Waals surface area contributed by atoms with Crippen molar-refractivity contribution in [2.45, 2.75) is 24.7 Å². The molecule has 0 aliphatic carbocycles. The lowest BCUT2D eigenvalue weighted by Gasteiger charge is -2.05. The molecule has 0 aliphatic rings. The van der Waals surface area contributed by atoms with Gasteiger partial charge < -0.3 is 4.98 Å². The highest BCUT2D eigenvalue weighted by molar-refractivity contribution is 7.90. The Balaban J connectivity index is 3.36. The fourth-order valence-electron chi connectivity index (χ4n) is 1.10. The monoisotopic (exact) mass is 215 g/mol. The maximum Gasteiger partial charge on any atom is 0.266 e. The van der Waals surface area contributed by atoms with Gasteiger partial charge >= 0.3 is 0 Å². The topological polar surface area (TPSA) is 67.0 Å². The fraction of sp³-hybridized carbons (Fsp3) is 0.444. The van der Waals surface area contributed by atoms with Gasteiger partial charge in [-0.3, -0.25) is 4.79 Å². The molecule has 1 heterocycles. The normalized spacial score (nSPS) is 12.0. The van der Waals surface area contributed by atoms with Crippen LogP contribution >= 0.6 is 0 Å². The number of pyridine rings is 1. The Hall–Kier alpha value is -1.10. The minimum absolute atomic E-state index is 0.177. The van der Waals surface area contributed by atoms with E-state index in [9.17, 15) is 13.2 Å².